The molecule has 2 nitrogen and oxygen atoms in total. The zero-order chi connectivity index (χ0) is 15.2. The lowest BCUT2D eigenvalue weighted by molar-refractivity contribution is -0.0456. The van der Waals surface area contributed by atoms with Crippen molar-refractivity contribution in [3.05, 3.63) is 42.0 Å². The average Bonchev–Trinajstić information content (AvgIpc) is 2.62. The Morgan fingerprint density at radius 3 is 2.65 bits per heavy atom. The van der Waals surface area contributed by atoms with E-state index in [0.717, 1.165) is 23.9 Å². The second-order valence-electron chi connectivity index (χ2n) is 8.07. The molecular weight excluding hydrogens is 280 g/mol. The highest BCUT2D eigenvalue weighted by Gasteiger charge is 2.46. The Kier molecular flexibility index (Phi) is 3.47. The van der Waals surface area contributed by atoms with Gasteiger partial charge in [-0.1, -0.05) is 42.8 Å². The molecule has 3 saturated heterocycles. The van der Waals surface area contributed by atoms with E-state index < -0.39 is 0 Å². The first-order chi connectivity index (χ1) is 11.4. The normalized spacial score (nSPS) is 36.9. The highest BCUT2D eigenvalue weighted by atomic mass is 15.3. The number of rotatable bonds is 1. The number of piperidine rings is 3. The van der Waals surface area contributed by atoms with Crippen molar-refractivity contribution >= 4 is 5.70 Å². The summed E-state index contributed by atoms with van der Waals surface area (Å²) < 4.78 is 0. The van der Waals surface area contributed by atoms with Gasteiger partial charge in [-0.05, 0) is 56.0 Å². The van der Waals surface area contributed by atoms with Crippen molar-refractivity contribution in [1.29, 1.82) is 0 Å². The average molecular weight is 308 g/mol. The fraction of sp³-hybridized carbons (Fsp3) is 0.619. The van der Waals surface area contributed by atoms with Crippen molar-refractivity contribution < 1.29 is 0 Å². The van der Waals surface area contributed by atoms with Gasteiger partial charge < -0.3 is 4.90 Å². The summed E-state index contributed by atoms with van der Waals surface area (Å²) in [6.45, 7) is 4.03. The summed E-state index contributed by atoms with van der Waals surface area (Å²) in [5.41, 5.74) is 2.96. The van der Waals surface area contributed by atoms with E-state index in [1.54, 1.807) is 0 Å². The Labute approximate surface area is 140 Å². The SMILES string of the molecule is C1=C(c2ccccc2)N2CC3C[C@@H](CN4CCCC[C@H]34)[C@@H]2CC1. The molecule has 4 heterocycles. The van der Waals surface area contributed by atoms with E-state index >= 15 is 0 Å². The largest absolute Gasteiger partial charge is 0.368 e. The Morgan fingerprint density at radius 2 is 1.74 bits per heavy atom. The third kappa shape index (κ3) is 2.34. The van der Waals surface area contributed by atoms with Crippen LogP contribution in [0.3, 0.4) is 0 Å². The van der Waals surface area contributed by atoms with Gasteiger partial charge in [0.2, 0.25) is 0 Å². The van der Waals surface area contributed by atoms with Crippen molar-refractivity contribution in [2.45, 2.75) is 50.6 Å². The maximum absolute atomic E-state index is 2.86. The van der Waals surface area contributed by atoms with E-state index in [9.17, 15) is 0 Å². The van der Waals surface area contributed by atoms with Gasteiger partial charge in [0.15, 0.2) is 0 Å². The number of hydrogen-bond donors (Lipinski definition) is 0. The highest BCUT2D eigenvalue weighted by Crippen LogP contribution is 2.45. The Balaban J connectivity index is 1.46. The fourth-order valence-corrected chi connectivity index (χ4v) is 5.89. The molecule has 0 aromatic heterocycles. The predicted molar refractivity (Wildman–Crippen MR) is 95.0 cm³/mol. The number of fused-ring (bicyclic) bond motifs is 6. The van der Waals surface area contributed by atoms with E-state index in [0.29, 0.717) is 0 Å². The molecule has 23 heavy (non-hydrogen) atoms. The molecule has 0 radical (unpaired) electrons. The first kappa shape index (κ1) is 14.1. The van der Waals surface area contributed by atoms with Gasteiger partial charge in [0, 0.05) is 30.9 Å². The molecule has 0 saturated carbocycles. The smallest absolute Gasteiger partial charge is 0.0402 e. The van der Waals surface area contributed by atoms with Crippen LogP contribution in [0.15, 0.2) is 36.4 Å². The zero-order valence-corrected chi connectivity index (χ0v) is 14.0. The molecule has 0 aliphatic carbocycles. The van der Waals surface area contributed by atoms with E-state index in [1.807, 2.05) is 0 Å². The van der Waals surface area contributed by atoms with Gasteiger partial charge in [-0.2, -0.15) is 0 Å². The number of benzene rings is 1. The minimum atomic E-state index is 0.786. The molecule has 122 valence electrons. The summed E-state index contributed by atoms with van der Waals surface area (Å²) in [5.74, 6) is 1.80. The third-order valence-corrected chi connectivity index (χ3v) is 6.84. The van der Waals surface area contributed by atoms with E-state index in [2.05, 4.69) is 46.2 Å². The topological polar surface area (TPSA) is 6.48 Å². The number of hydrogen-bond acceptors (Lipinski definition) is 2. The molecule has 1 aromatic rings. The van der Waals surface area contributed by atoms with E-state index in [1.165, 1.54) is 69.4 Å². The van der Waals surface area contributed by atoms with Crippen LogP contribution in [0.4, 0.5) is 0 Å². The molecule has 3 fully saturated rings. The minimum absolute atomic E-state index is 0.786. The molecule has 2 heteroatoms. The van der Waals surface area contributed by atoms with Gasteiger partial charge in [-0.3, -0.25) is 4.90 Å². The molecule has 1 unspecified atom stereocenters. The molecule has 0 N–H and O–H groups in total. The van der Waals surface area contributed by atoms with Crippen LogP contribution in [0.1, 0.15) is 44.1 Å². The van der Waals surface area contributed by atoms with Gasteiger partial charge in [0.1, 0.15) is 0 Å². The van der Waals surface area contributed by atoms with Crippen LogP contribution in [-0.4, -0.2) is 41.5 Å². The lowest BCUT2D eigenvalue weighted by Crippen LogP contribution is -2.62. The summed E-state index contributed by atoms with van der Waals surface area (Å²) in [6.07, 6.45) is 10.9. The van der Waals surface area contributed by atoms with Crippen LogP contribution in [0, 0.1) is 11.8 Å². The minimum Gasteiger partial charge on any atom is -0.368 e. The molecule has 1 aromatic carbocycles. The molecule has 5 rings (SSSR count). The molecule has 0 spiro atoms. The van der Waals surface area contributed by atoms with Gasteiger partial charge in [-0.15, -0.1) is 0 Å². The number of allylic oxidation sites excluding steroid dienone is 1. The summed E-state index contributed by atoms with van der Waals surface area (Å²) in [5, 5.41) is 0. The predicted octanol–water partition coefficient (Wildman–Crippen LogP) is 4.00. The molecule has 4 aliphatic heterocycles. The van der Waals surface area contributed by atoms with Crippen molar-refractivity contribution in [3.8, 4) is 0 Å². The first-order valence-corrected chi connectivity index (χ1v) is 9.66. The van der Waals surface area contributed by atoms with Gasteiger partial charge >= 0.3 is 0 Å². The molecular formula is C21H28N2. The first-order valence-electron chi connectivity index (χ1n) is 9.66. The van der Waals surface area contributed by atoms with E-state index in [4.69, 9.17) is 0 Å². The van der Waals surface area contributed by atoms with Crippen LogP contribution in [0.2, 0.25) is 0 Å². The maximum Gasteiger partial charge on any atom is 0.0402 e. The molecule has 4 atom stereocenters. The van der Waals surface area contributed by atoms with Crippen LogP contribution in [-0.2, 0) is 0 Å². The van der Waals surface area contributed by atoms with Gasteiger partial charge in [-0.25, -0.2) is 0 Å². The zero-order valence-electron chi connectivity index (χ0n) is 14.0. The summed E-state index contributed by atoms with van der Waals surface area (Å²) in [4.78, 5) is 5.67. The standard InChI is InChI=1S/C21H28N2/c1-2-7-16(8-3-1)20-10-6-11-21-17-13-18(15-23(20)21)19-9-4-5-12-22(19)14-17/h1-3,7-8,10,17-19,21H,4-6,9,11-15H2/t17-,18?,19+,21-/m0/s1. The highest BCUT2D eigenvalue weighted by molar-refractivity contribution is 5.65. The molecule has 0 amide bonds. The summed E-state index contributed by atoms with van der Waals surface area (Å²) in [7, 11) is 0. The van der Waals surface area contributed by atoms with Crippen molar-refractivity contribution in [3.63, 3.8) is 0 Å². The van der Waals surface area contributed by atoms with Crippen molar-refractivity contribution in [2.24, 2.45) is 11.8 Å². The second kappa shape index (κ2) is 5.66. The monoisotopic (exact) mass is 308 g/mol. The van der Waals surface area contributed by atoms with Crippen LogP contribution >= 0.6 is 0 Å². The van der Waals surface area contributed by atoms with Crippen LogP contribution < -0.4 is 0 Å². The Hall–Kier alpha value is -1.28. The van der Waals surface area contributed by atoms with Gasteiger partial charge in [0.05, 0.1) is 0 Å². The second-order valence-corrected chi connectivity index (χ2v) is 8.07. The number of nitrogens with zero attached hydrogens (tertiary/aromatic N) is 2. The fourth-order valence-electron chi connectivity index (χ4n) is 5.89. The van der Waals surface area contributed by atoms with Crippen molar-refractivity contribution in [2.75, 3.05) is 19.6 Å². The van der Waals surface area contributed by atoms with Crippen LogP contribution in [0.25, 0.3) is 5.70 Å². The van der Waals surface area contributed by atoms with Crippen molar-refractivity contribution in [1.82, 2.24) is 9.80 Å². The summed E-state index contributed by atoms with van der Waals surface area (Å²) in [6, 6.07) is 12.8. The van der Waals surface area contributed by atoms with E-state index in [-0.39, 0.29) is 0 Å². The summed E-state index contributed by atoms with van der Waals surface area (Å²) >= 11 is 0. The maximum atomic E-state index is 2.86. The van der Waals surface area contributed by atoms with Crippen LogP contribution in [0.5, 0.6) is 0 Å². The lowest BCUT2D eigenvalue weighted by Gasteiger charge is -2.57. The van der Waals surface area contributed by atoms with Gasteiger partial charge in [0.25, 0.3) is 0 Å². The Morgan fingerprint density at radius 1 is 0.870 bits per heavy atom. The molecule has 2 bridgehead atoms. The third-order valence-electron chi connectivity index (χ3n) is 6.84. The Bertz CT molecular complexity index is 593. The lowest BCUT2D eigenvalue weighted by atomic mass is 9.71. The molecule has 4 aliphatic rings. The quantitative estimate of drug-likeness (QED) is 0.774.